The Morgan fingerprint density at radius 1 is 1.19 bits per heavy atom. The fourth-order valence-electron chi connectivity index (χ4n) is 3.27. The van der Waals surface area contributed by atoms with E-state index in [4.69, 9.17) is 9.47 Å². The van der Waals surface area contributed by atoms with Crippen LogP contribution in [-0.2, 0) is 20.8 Å². The molecule has 2 rings (SSSR count). The number of benzene rings is 1. The van der Waals surface area contributed by atoms with Gasteiger partial charge < -0.3 is 14.8 Å². The number of carbonyl (C=O) groups is 3. The second-order valence-corrected chi connectivity index (χ2v) is 8.90. The minimum atomic E-state index is -0.548. The Balaban J connectivity index is 1.81. The molecule has 1 saturated heterocycles. The summed E-state index contributed by atoms with van der Waals surface area (Å²) in [7, 11) is 0. The largest absolute Gasteiger partial charge is 0.444 e. The lowest BCUT2D eigenvalue weighted by Crippen LogP contribution is -2.39. The van der Waals surface area contributed by atoms with Crippen LogP contribution in [0.25, 0.3) is 0 Å². The molecule has 8 heteroatoms. The molecule has 0 unspecified atom stereocenters. The Bertz CT molecular complexity index is 716. The molecule has 1 fully saturated rings. The standard InChI is InChI=1S/C23H35N3O5/c1-18(24-21(28)31-23(2,3)4)12-15-25(16-19-10-6-5-7-11-19)13-8-9-14-26-20(27)17-30-22(26)29/h5-7,10-11,18H,8-9,12-17H2,1-4H3,(H,24,28)/t18-/m0/s1. The molecule has 3 amide bonds. The normalized spacial score (nSPS) is 15.2. The van der Waals surface area contributed by atoms with Gasteiger partial charge in [-0.1, -0.05) is 30.3 Å². The minimum absolute atomic E-state index is 0.0230. The maximum atomic E-state index is 12.0. The zero-order valence-corrected chi connectivity index (χ0v) is 19.1. The van der Waals surface area contributed by atoms with Crippen molar-refractivity contribution < 1.29 is 23.9 Å². The number of nitrogens with one attached hydrogen (secondary N) is 1. The molecule has 0 aromatic heterocycles. The first-order valence-corrected chi connectivity index (χ1v) is 10.9. The van der Waals surface area contributed by atoms with Crippen molar-refractivity contribution in [3.8, 4) is 0 Å². The van der Waals surface area contributed by atoms with Crippen LogP contribution < -0.4 is 5.32 Å². The van der Waals surface area contributed by atoms with E-state index in [9.17, 15) is 14.4 Å². The van der Waals surface area contributed by atoms with Gasteiger partial charge in [-0.15, -0.1) is 0 Å². The van der Waals surface area contributed by atoms with Crippen LogP contribution in [0, 0.1) is 0 Å². The molecule has 1 atom stereocenters. The van der Waals surface area contributed by atoms with E-state index in [1.807, 2.05) is 45.9 Å². The average molecular weight is 434 g/mol. The molecule has 1 aliphatic rings. The summed E-state index contributed by atoms with van der Waals surface area (Å²) in [6.45, 7) is 10.1. The van der Waals surface area contributed by atoms with E-state index in [1.165, 1.54) is 10.5 Å². The Morgan fingerprint density at radius 2 is 1.90 bits per heavy atom. The first-order chi connectivity index (χ1) is 14.6. The lowest BCUT2D eigenvalue weighted by Gasteiger charge is -2.26. The van der Waals surface area contributed by atoms with Gasteiger partial charge in [0.1, 0.15) is 5.60 Å². The summed E-state index contributed by atoms with van der Waals surface area (Å²) in [5.74, 6) is -0.270. The lowest BCUT2D eigenvalue weighted by molar-refractivity contribution is -0.125. The maximum Gasteiger partial charge on any atom is 0.417 e. The van der Waals surface area contributed by atoms with Crippen molar-refractivity contribution in [1.82, 2.24) is 15.1 Å². The summed E-state index contributed by atoms with van der Waals surface area (Å²) < 4.78 is 10.1. The van der Waals surface area contributed by atoms with Gasteiger partial charge in [0.15, 0.2) is 6.61 Å². The van der Waals surface area contributed by atoms with Crippen molar-refractivity contribution in [2.24, 2.45) is 0 Å². The van der Waals surface area contributed by atoms with E-state index >= 15 is 0 Å². The van der Waals surface area contributed by atoms with Crippen molar-refractivity contribution in [2.75, 3.05) is 26.2 Å². The molecule has 1 aliphatic heterocycles. The van der Waals surface area contributed by atoms with Gasteiger partial charge in [0.25, 0.3) is 5.91 Å². The zero-order chi connectivity index (χ0) is 22.9. The van der Waals surface area contributed by atoms with Crippen LogP contribution in [0.2, 0.25) is 0 Å². The van der Waals surface area contributed by atoms with Gasteiger partial charge in [0.05, 0.1) is 0 Å². The lowest BCUT2D eigenvalue weighted by atomic mass is 10.1. The highest BCUT2D eigenvalue weighted by atomic mass is 16.6. The molecule has 1 N–H and O–H groups in total. The second-order valence-electron chi connectivity index (χ2n) is 8.90. The van der Waals surface area contributed by atoms with E-state index in [-0.39, 0.29) is 18.6 Å². The summed E-state index contributed by atoms with van der Waals surface area (Å²) in [4.78, 5) is 38.6. The molecule has 0 spiro atoms. The highest BCUT2D eigenvalue weighted by Gasteiger charge is 2.30. The third-order valence-corrected chi connectivity index (χ3v) is 4.84. The maximum absolute atomic E-state index is 12.0. The second kappa shape index (κ2) is 11.7. The highest BCUT2D eigenvalue weighted by molar-refractivity contribution is 5.97. The number of rotatable bonds is 11. The summed E-state index contributed by atoms with van der Waals surface area (Å²) in [6.07, 6.45) is 1.39. The number of hydrogen-bond acceptors (Lipinski definition) is 6. The first-order valence-electron chi connectivity index (χ1n) is 10.9. The number of unbranched alkanes of at least 4 members (excludes halogenated alkanes) is 1. The Labute approximate surface area is 184 Å². The van der Waals surface area contributed by atoms with Crippen LogP contribution in [-0.4, -0.2) is 65.8 Å². The van der Waals surface area contributed by atoms with Crippen LogP contribution in [0.5, 0.6) is 0 Å². The van der Waals surface area contributed by atoms with Gasteiger partial charge in [-0.3, -0.25) is 9.69 Å². The number of nitrogens with zero attached hydrogens (tertiary/aromatic N) is 2. The molecule has 1 aromatic rings. The number of amides is 3. The predicted molar refractivity (Wildman–Crippen MR) is 117 cm³/mol. The third kappa shape index (κ3) is 9.38. The quantitative estimate of drug-likeness (QED) is 0.537. The van der Waals surface area contributed by atoms with Gasteiger partial charge in [0, 0.05) is 25.7 Å². The van der Waals surface area contributed by atoms with Crippen molar-refractivity contribution >= 4 is 18.1 Å². The minimum Gasteiger partial charge on any atom is -0.444 e. The fraction of sp³-hybridized carbons (Fsp3) is 0.609. The van der Waals surface area contributed by atoms with Gasteiger partial charge in [-0.2, -0.15) is 0 Å². The molecule has 0 bridgehead atoms. The highest BCUT2D eigenvalue weighted by Crippen LogP contribution is 2.11. The van der Waals surface area contributed by atoms with Crippen LogP contribution in [0.3, 0.4) is 0 Å². The molecule has 0 radical (unpaired) electrons. The Hall–Kier alpha value is -2.61. The van der Waals surface area contributed by atoms with Gasteiger partial charge in [-0.05, 0) is 59.1 Å². The summed E-state index contributed by atoms with van der Waals surface area (Å²) in [6, 6.07) is 10.2. The van der Waals surface area contributed by atoms with E-state index in [0.29, 0.717) is 6.54 Å². The monoisotopic (exact) mass is 433 g/mol. The topological polar surface area (TPSA) is 88.2 Å². The van der Waals surface area contributed by atoms with Crippen LogP contribution in [0.4, 0.5) is 9.59 Å². The van der Waals surface area contributed by atoms with Crippen LogP contribution in [0.15, 0.2) is 30.3 Å². The average Bonchev–Trinajstić information content (AvgIpc) is 3.00. The number of carbonyl (C=O) groups excluding carboxylic acids is 3. The molecular weight excluding hydrogens is 398 g/mol. The number of hydrogen-bond donors (Lipinski definition) is 1. The molecule has 172 valence electrons. The Morgan fingerprint density at radius 3 is 2.52 bits per heavy atom. The summed E-state index contributed by atoms with van der Waals surface area (Å²) in [5, 5.41) is 2.89. The number of alkyl carbamates (subject to hydrolysis) is 1. The molecule has 0 aliphatic carbocycles. The van der Waals surface area contributed by atoms with Crippen molar-refractivity contribution in [2.45, 2.75) is 65.1 Å². The van der Waals surface area contributed by atoms with E-state index in [1.54, 1.807) is 0 Å². The van der Waals surface area contributed by atoms with Gasteiger partial charge >= 0.3 is 12.2 Å². The molecule has 31 heavy (non-hydrogen) atoms. The van der Waals surface area contributed by atoms with Gasteiger partial charge in [-0.25, -0.2) is 14.5 Å². The molecule has 1 aromatic carbocycles. The van der Waals surface area contributed by atoms with Crippen LogP contribution >= 0.6 is 0 Å². The van der Waals surface area contributed by atoms with E-state index < -0.39 is 17.8 Å². The van der Waals surface area contributed by atoms with E-state index in [2.05, 4.69) is 22.3 Å². The van der Waals surface area contributed by atoms with Crippen molar-refractivity contribution in [3.63, 3.8) is 0 Å². The summed E-state index contributed by atoms with van der Waals surface area (Å²) >= 11 is 0. The molecule has 8 nitrogen and oxygen atoms in total. The zero-order valence-electron chi connectivity index (χ0n) is 19.1. The SMILES string of the molecule is C[C@@H](CCN(CCCCN1C(=O)COC1=O)Cc1ccccc1)NC(=O)OC(C)(C)C. The van der Waals surface area contributed by atoms with Crippen molar-refractivity contribution in [3.05, 3.63) is 35.9 Å². The number of ether oxygens (including phenoxy) is 2. The smallest absolute Gasteiger partial charge is 0.417 e. The van der Waals surface area contributed by atoms with Crippen LogP contribution in [0.1, 0.15) is 52.5 Å². The molecule has 1 heterocycles. The van der Waals surface area contributed by atoms with Crippen molar-refractivity contribution in [1.29, 1.82) is 0 Å². The predicted octanol–water partition coefficient (Wildman–Crippen LogP) is 3.55. The van der Waals surface area contributed by atoms with Gasteiger partial charge in [0.2, 0.25) is 0 Å². The molecular formula is C23H35N3O5. The molecule has 0 saturated carbocycles. The third-order valence-electron chi connectivity index (χ3n) is 4.84. The number of imide groups is 1. The fourth-order valence-corrected chi connectivity index (χ4v) is 3.27. The Kier molecular flexibility index (Phi) is 9.30. The van der Waals surface area contributed by atoms with E-state index in [0.717, 1.165) is 38.9 Å². The number of cyclic esters (lactones) is 1. The first kappa shape index (κ1) is 24.7. The summed E-state index contributed by atoms with van der Waals surface area (Å²) in [5.41, 5.74) is 0.695.